The van der Waals surface area contributed by atoms with Gasteiger partial charge in [0.15, 0.2) is 0 Å². The highest BCUT2D eigenvalue weighted by Crippen LogP contribution is 2.34. The summed E-state index contributed by atoms with van der Waals surface area (Å²) in [4.78, 5) is 23.6. The summed E-state index contributed by atoms with van der Waals surface area (Å²) >= 11 is 7.31. The van der Waals surface area contributed by atoms with Crippen LogP contribution in [0.2, 0.25) is 5.15 Å². The molecule has 0 aliphatic carbocycles. The van der Waals surface area contributed by atoms with Crippen LogP contribution in [0.3, 0.4) is 0 Å². The van der Waals surface area contributed by atoms with Crippen LogP contribution in [0.5, 0.6) is 0 Å². The van der Waals surface area contributed by atoms with Gasteiger partial charge in [-0.1, -0.05) is 11.6 Å². The molecule has 1 aliphatic heterocycles. The number of nitrogens with one attached hydrogen (secondary N) is 1. The molecule has 4 heterocycles. The lowest BCUT2D eigenvalue weighted by molar-refractivity contribution is 0.102. The number of nitrogens with two attached hydrogens (primary N) is 2. The van der Waals surface area contributed by atoms with E-state index in [0.29, 0.717) is 26.9 Å². The number of piperidine rings is 1. The van der Waals surface area contributed by atoms with E-state index in [0.717, 1.165) is 36.3 Å². The van der Waals surface area contributed by atoms with Crippen molar-refractivity contribution in [1.82, 2.24) is 9.97 Å². The molecule has 1 atom stereocenters. The summed E-state index contributed by atoms with van der Waals surface area (Å²) in [7, 11) is 0. The molecule has 0 aromatic carbocycles. The zero-order chi connectivity index (χ0) is 19.0. The maximum Gasteiger partial charge on any atom is 0.260 e. The fourth-order valence-corrected chi connectivity index (χ4v) is 4.42. The highest BCUT2D eigenvalue weighted by atomic mass is 35.5. The summed E-state index contributed by atoms with van der Waals surface area (Å²) in [6.45, 7) is 1.63. The number of anilines is 3. The molecule has 3 aromatic rings. The average molecular weight is 403 g/mol. The van der Waals surface area contributed by atoms with Crippen LogP contribution in [0.4, 0.5) is 16.4 Å². The molecule has 0 radical (unpaired) electrons. The molecule has 1 saturated heterocycles. The zero-order valence-corrected chi connectivity index (χ0v) is 16.1. The van der Waals surface area contributed by atoms with Crippen molar-refractivity contribution in [3.8, 4) is 0 Å². The molecule has 0 spiro atoms. The molecule has 1 aliphatic rings. The smallest absolute Gasteiger partial charge is 0.260 e. The van der Waals surface area contributed by atoms with E-state index < -0.39 is 0 Å². The van der Waals surface area contributed by atoms with E-state index in [1.54, 1.807) is 18.5 Å². The minimum Gasteiger partial charge on any atom is -0.390 e. The maximum absolute atomic E-state index is 13.0. The van der Waals surface area contributed by atoms with E-state index in [4.69, 9.17) is 23.1 Å². The quantitative estimate of drug-likeness (QED) is 0.580. The summed E-state index contributed by atoms with van der Waals surface area (Å²) in [5.41, 5.74) is 14.6. The summed E-state index contributed by atoms with van der Waals surface area (Å²) in [5.74, 6) is -0.330. The van der Waals surface area contributed by atoms with E-state index in [1.807, 2.05) is 12.1 Å². The Kier molecular flexibility index (Phi) is 4.86. The van der Waals surface area contributed by atoms with Crippen molar-refractivity contribution >= 4 is 55.4 Å². The van der Waals surface area contributed by atoms with Crippen LogP contribution in [0.1, 0.15) is 23.2 Å². The Balaban J connectivity index is 1.66. The number of fused-ring (bicyclic) bond motifs is 1. The number of thiophene rings is 1. The molecular formula is C18H19ClN6OS. The fraction of sp³-hybridized carbons (Fsp3) is 0.278. The first-order valence-electron chi connectivity index (χ1n) is 8.63. The Bertz CT molecular complexity index is 1010. The van der Waals surface area contributed by atoms with Gasteiger partial charge in [0.05, 0.1) is 27.8 Å². The van der Waals surface area contributed by atoms with Crippen LogP contribution in [0.15, 0.2) is 30.6 Å². The van der Waals surface area contributed by atoms with Gasteiger partial charge in [0.2, 0.25) is 0 Å². The van der Waals surface area contributed by atoms with Crippen LogP contribution in [-0.4, -0.2) is 35.0 Å². The van der Waals surface area contributed by atoms with Crippen LogP contribution in [0.25, 0.3) is 10.2 Å². The average Bonchev–Trinajstić information content (AvgIpc) is 2.97. The summed E-state index contributed by atoms with van der Waals surface area (Å²) in [5, 5.41) is 3.66. The van der Waals surface area contributed by atoms with Crippen molar-refractivity contribution < 1.29 is 4.79 Å². The second kappa shape index (κ2) is 7.30. The van der Waals surface area contributed by atoms with Crippen LogP contribution >= 0.6 is 22.9 Å². The Morgan fingerprint density at radius 1 is 1.37 bits per heavy atom. The van der Waals surface area contributed by atoms with Gasteiger partial charge in [-0.2, -0.15) is 0 Å². The van der Waals surface area contributed by atoms with Gasteiger partial charge >= 0.3 is 0 Å². The number of rotatable bonds is 3. The zero-order valence-electron chi connectivity index (χ0n) is 14.5. The first-order valence-corrected chi connectivity index (χ1v) is 9.83. The normalized spacial score (nSPS) is 17.3. The van der Waals surface area contributed by atoms with Gasteiger partial charge in [-0.15, -0.1) is 11.3 Å². The molecule has 140 valence electrons. The number of amides is 1. The number of nitrogens with zero attached hydrogens (tertiary/aromatic N) is 3. The lowest BCUT2D eigenvalue weighted by Gasteiger charge is -2.33. The highest BCUT2D eigenvalue weighted by Gasteiger charge is 2.23. The number of carbonyl (C=O) groups excluding carboxylic acids is 1. The van der Waals surface area contributed by atoms with Gasteiger partial charge in [-0.3, -0.25) is 9.78 Å². The second-order valence-corrected chi connectivity index (χ2v) is 7.99. The Morgan fingerprint density at radius 2 is 2.22 bits per heavy atom. The van der Waals surface area contributed by atoms with Crippen molar-refractivity contribution in [1.29, 1.82) is 0 Å². The second-order valence-electron chi connectivity index (χ2n) is 6.52. The lowest BCUT2D eigenvalue weighted by Crippen LogP contribution is -2.43. The third-order valence-electron chi connectivity index (χ3n) is 4.60. The molecule has 1 unspecified atom stereocenters. The third-order valence-corrected chi connectivity index (χ3v) is 5.78. The van der Waals surface area contributed by atoms with Crippen molar-refractivity contribution in [2.45, 2.75) is 18.9 Å². The van der Waals surface area contributed by atoms with E-state index in [9.17, 15) is 4.79 Å². The number of pyridine rings is 2. The molecule has 27 heavy (non-hydrogen) atoms. The monoisotopic (exact) mass is 402 g/mol. The molecule has 5 N–H and O–H groups in total. The molecule has 4 rings (SSSR count). The summed E-state index contributed by atoms with van der Waals surface area (Å²) in [6, 6.07) is 5.50. The minimum absolute atomic E-state index is 0.123. The summed E-state index contributed by atoms with van der Waals surface area (Å²) in [6.07, 6.45) is 5.37. The van der Waals surface area contributed by atoms with Crippen molar-refractivity contribution in [3.63, 3.8) is 0 Å². The Hall–Kier alpha value is -2.42. The number of halogens is 1. The SMILES string of the molecule is Nc1sc2ccc(Cl)nc2c1C(=O)Nc1cnccc1N1CCCC(N)C1. The molecule has 1 fully saturated rings. The van der Waals surface area contributed by atoms with Gasteiger partial charge in [-0.25, -0.2) is 4.98 Å². The van der Waals surface area contributed by atoms with E-state index in [-0.39, 0.29) is 11.9 Å². The minimum atomic E-state index is -0.330. The standard InChI is InChI=1S/C18H19ClN6OS/c19-14-4-3-13-16(24-14)15(17(21)27-13)18(26)23-11-8-22-6-5-12(11)25-7-1-2-10(20)9-25/h3-6,8,10H,1-2,7,9,20-21H2,(H,23,26). The van der Waals surface area contributed by atoms with Gasteiger partial charge < -0.3 is 21.7 Å². The number of carbonyl (C=O) groups is 1. The first kappa shape index (κ1) is 18.0. The largest absolute Gasteiger partial charge is 0.390 e. The molecule has 0 bridgehead atoms. The molecule has 0 saturated carbocycles. The number of aromatic nitrogens is 2. The third kappa shape index (κ3) is 3.55. The topological polar surface area (TPSA) is 110 Å². The van der Waals surface area contributed by atoms with E-state index in [1.165, 1.54) is 11.3 Å². The molecule has 3 aromatic heterocycles. The van der Waals surface area contributed by atoms with Gasteiger partial charge in [0.25, 0.3) is 5.91 Å². The molecule has 9 heteroatoms. The summed E-state index contributed by atoms with van der Waals surface area (Å²) < 4.78 is 0.815. The maximum atomic E-state index is 13.0. The van der Waals surface area contributed by atoms with Gasteiger partial charge in [-0.05, 0) is 31.0 Å². The lowest BCUT2D eigenvalue weighted by atomic mass is 10.1. The Labute approximate surface area is 165 Å². The molecule has 1 amide bonds. The predicted molar refractivity (Wildman–Crippen MR) is 111 cm³/mol. The molecule has 7 nitrogen and oxygen atoms in total. The van der Waals surface area contributed by atoms with Crippen molar-refractivity contribution in [2.75, 3.05) is 29.0 Å². The molecular weight excluding hydrogens is 384 g/mol. The number of hydrogen-bond acceptors (Lipinski definition) is 7. The highest BCUT2D eigenvalue weighted by molar-refractivity contribution is 7.23. The van der Waals surface area contributed by atoms with Crippen molar-refractivity contribution in [2.24, 2.45) is 5.73 Å². The van der Waals surface area contributed by atoms with Crippen LogP contribution in [-0.2, 0) is 0 Å². The van der Waals surface area contributed by atoms with Gasteiger partial charge in [0, 0.05) is 25.3 Å². The number of hydrogen-bond donors (Lipinski definition) is 3. The van der Waals surface area contributed by atoms with Crippen LogP contribution < -0.4 is 21.7 Å². The van der Waals surface area contributed by atoms with E-state index >= 15 is 0 Å². The van der Waals surface area contributed by atoms with E-state index in [2.05, 4.69) is 20.2 Å². The first-order chi connectivity index (χ1) is 13.0. The predicted octanol–water partition coefficient (Wildman–Crippen LogP) is 3.11. The van der Waals surface area contributed by atoms with Crippen molar-refractivity contribution in [3.05, 3.63) is 41.3 Å². The van der Waals surface area contributed by atoms with Gasteiger partial charge in [0.1, 0.15) is 15.7 Å². The fourth-order valence-electron chi connectivity index (χ4n) is 3.36. The number of nitrogen functional groups attached to an aromatic ring is 1. The Morgan fingerprint density at radius 3 is 3.04 bits per heavy atom. The van der Waals surface area contributed by atoms with Crippen LogP contribution in [0, 0.1) is 0 Å².